The van der Waals surface area contributed by atoms with Crippen LogP contribution in [0, 0.1) is 0 Å². The van der Waals surface area contributed by atoms with E-state index >= 15 is 0 Å². The minimum Gasteiger partial charge on any atom is -0.493 e. The first-order chi connectivity index (χ1) is 15.5. The second-order valence-corrected chi connectivity index (χ2v) is 8.54. The van der Waals surface area contributed by atoms with Gasteiger partial charge in [-0.25, -0.2) is 0 Å². The van der Waals surface area contributed by atoms with Crippen molar-refractivity contribution in [3.05, 3.63) is 67.0 Å². The van der Waals surface area contributed by atoms with E-state index in [1.165, 1.54) is 11.8 Å². The third kappa shape index (κ3) is 6.08. The van der Waals surface area contributed by atoms with Crippen molar-refractivity contribution in [3.8, 4) is 11.5 Å². The molecule has 0 aliphatic rings. The number of hydrogen-bond acceptors (Lipinski definition) is 7. The van der Waals surface area contributed by atoms with Crippen LogP contribution in [0.15, 0.2) is 71.2 Å². The van der Waals surface area contributed by atoms with Gasteiger partial charge in [0.1, 0.15) is 0 Å². The number of anilines is 1. The number of nitrogens with zero attached hydrogens (tertiary/aromatic N) is 3. The summed E-state index contributed by atoms with van der Waals surface area (Å²) < 4.78 is 13.3. The molecule has 0 fully saturated rings. The maximum Gasteiger partial charge on any atom is 0.234 e. The number of nitrogens with one attached hydrogen (secondary N) is 1. The van der Waals surface area contributed by atoms with Gasteiger partial charge in [0.25, 0.3) is 0 Å². The quantitative estimate of drug-likeness (QED) is 0.310. The van der Waals surface area contributed by atoms with Crippen LogP contribution < -0.4 is 14.8 Å². The van der Waals surface area contributed by atoms with Crippen LogP contribution in [-0.4, -0.2) is 39.8 Å². The van der Waals surface area contributed by atoms with Crippen molar-refractivity contribution in [2.45, 2.75) is 29.6 Å². The van der Waals surface area contributed by atoms with Gasteiger partial charge >= 0.3 is 0 Å². The summed E-state index contributed by atoms with van der Waals surface area (Å²) in [6, 6.07) is 15.2. The molecule has 0 saturated carbocycles. The molecule has 3 aromatic rings. The second kappa shape index (κ2) is 11.6. The van der Waals surface area contributed by atoms with E-state index < -0.39 is 0 Å². The van der Waals surface area contributed by atoms with Gasteiger partial charge in [-0.15, -0.1) is 28.5 Å². The van der Waals surface area contributed by atoms with E-state index in [9.17, 15) is 4.79 Å². The zero-order valence-electron chi connectivity index (χ0n) is 18.3. The van der Waals surface area contributed by atoms with Crippen LogP contribution in [0.5, 0.6) is 11.5 Å². The highest BCUT2D eigenvalue weighted by Gasteiger charge is 2.21. The second-order valence-electron chi connectivity index (χ2n) is 6.72. The molecule has 2 aromatic carbocycles. The van der Waals surface area contributed by atoms with Gasteiger partial charge in [-0.3, -0.25) is 9.36 Å². The Balaban J connectivity index is 1.68. The zero-order chi connectivity index (χ0) is 22.9. The fourth-order valence-corrected chi connectivity index (χ4v) is 4.21. The van der Waals surface area contributed by atoms with Crippen molar-refractivity contribution in [2.75, 3.05) is 24.4 Å². The number of rotatable bonds is 11. The first-order valence-corrected chi connectivity index (χ1v) is 12.2. The normalized spacial score (nSPS) is 11.6. The highest BCUT2D eigenvalue weighted by molar-refractivity contribution is 7.99. The summed E-state index contributed by atoms with van der Waals surface area (Å²) in [5, 5.41) is 12.1. The molecule has 3 rings (SSSR count). The third-order valence-electron chi connectivity index (χ3n) is 4.48. The number of allylic oxidation sites excluding steroid dienone is 1. The molecule has 0 spiro atoms. The van der Waals surface area contributed by atoms with Crippen molar-refractivity contribution in [2.24, 2.45) is 0 Å². The Kier molecular flexibility index (Phi) is 8.64. The lowest BCUT2D eigenvalue weighted by atomic mass is 10.3. The average Bonchev–Trinajstić information content (AvgIpc) is 3.21. The molecular formula is C23H26N4O3S2. The Morgan fingerprint density at radius 2 is 2.00 bits per heavy atom. The Labute approximate surface area is 196 Å². The lowest BCUT2D eigenvalue weighted by Gasteiger charge is -2.17. The molecule has 1 aromatic heterocycles. The number of carbonyl (C=O) groups excluding carboxylic acids is 1. The summed E-state index contributed by atoms with van der Waals surface area (Å²) in [5.41, 5.74) is 0.773. The summed E-state index contributed by atoms with van der Waals surface area (Å²) in [6.45, 7) is 6.23. The fourth-order valence-electron chi connectivity index (χ4n) is 3.00. The van der Waals surface area contributed by atoms with Crippen LogP contribution in [0.4, 0.5) is 5.69 Å². The molecule has 168 valence electrons. The van der Waals surface area contributed by atoms with Gasteiger partial charge in [-0.05, 0) is 43.5 Å². The standard InChI is InChI=1S/C23H26N4O3S2/c1-5-13-27-22(16(2)30-20-12-7-6-11-19(20)29-3)25-26-23(27)32-15-21(28)24-17-9-8-10-18(14-17)31-4/h5-12,14,16H,1,13,15H2,2-4H3,(H,24,28). The molecular weight excluding hydrogens is 444 g/mol. The predicted octanol–water partition coefficient (Wildman–Crippen LogP) is 5.07. The average molecular weight is 471 g/mol. The summed E-state index contributed by atoms with van der Waals surface area (Å²) >= 11 is 2.95. The van der Waals surface area contributed by atoms with E-state index in [1.54, 1.807) is 24.9 Å². The molecule has 0 aliphatic carbocycles. The van der Waals surface area contributed by atoms with Crippen molar-refractivity contribution in [1.29, 1.82) is 0 Å². The molecule has 9 heteroatoms. The van der Waals surface area contributed by atoms with Crippen LogP contribution in [-0.2, 0) is 11.3 Å². The van der Waals surface area contributed by atoms with Crippen molar-refractivity contribution >= 4 is 35.1 Å². The Hall–Kier alpha value is -2.91. The fraction of sp³-hybridized carbons (Fsp3) is 0.261. The lowest BCUT2D eigenvalue weighted by Crippen LogP contribution is -2.15. The number of benzene rings is 2. The number of amides is 1. The van der Waals surface area contributed by atoms with Gasteiger partial charge in [-0.2, -0.15) is 0 Å². The minimum absolute atomic E-state index is 0.110. The molecule has 0 bridgehead atoms. The summed E-state index contributed by atoms with van der Waals surface area (Å²) in [6.07, 6.45) is 3.39. The van der Waals surface area contributed by atoms with Crippen molar-refractivity contribution in [1.82, 2.24) is 14.8 Å². The Morgan fingerprint density at radius 1 is 1.22 bits per heavy atom. The number of aromatic nitrogens is 3. The topological polar surface area (TPSA) is 78.3 Å². The number of methoxy groups -OCH3 is 1. The van der Waals surface area contributed by atoms with Crippen molar-refractivity contribution < 1.29 is 14.3 Å². The summed E-state index contributed by atoms with van der Waals surface area (Å²) in [4.78, 5) is 13.5. The molecule has 0 saturated heterocycles. The van der Waals surface area contributed by atoms with Crippen LogP contribution >= 0.6 is 23.5 Å². The minimum atomic E-state index is -0.379. The molecule has 1 amide bonds. The number of hydrogen-bond donors (Lipinski definition) is 1. The van der Waals surface area contributed by atoms with E-state index in [2.05, 4.69) is 22.1 Å². The van der Waals surface area contributed by atoms with E-state index in [0.717, 1.165) is 10.6 Å². The van der Waals surface area contributed by atoms with E-state index in [4.69, 9.17) is 9.47 Å². The summed E-state index contributed by atoms with van der Waals surface area (Å²) in [5.74, 6) is 2.01. The molecule has 1 heterocycles. The molecule has 0 radical (unpaired) electrons. The van der Waals surface area contributed by atoms with Gasteiger partial charge in [0.2, 0.25) is 5.91 Å². The molecule has 0 aliphatic heterocycles. The van der Waals surface area contributed by atoms with Gasteiger partial charge in [-0.1, -0.05) is 36.0 Å². The molecule has 1 N–H and O–H groups in total. The van der Waals surface area contributed by atoms with Crippen LogP contribution in [0.2, 0.25) is 0 Å². The largest absolute Gasteiger partial charge is 0.493 e. The number of carbonyl (C=O) groups is 1. The third-order valence-corrected chi connectivity index (χ3v) is 6.17. The first-order valence-electron chi connectivity index (χ1n) is 9.96. The smallest absolute Gasteiger partial charge is 0.234 e. The zero-order valence-corrected chi connectivity index (χ0v) is 19.9. The van der Waals surface area contributed by atoms with Gasteiger partial charge in [0, 0.05) is 17.1 Å². The van der Waals surface area contributed by atoms with Gasteiger partial charge in [0.15, 0.2) is 28.6 Å². The highest BCUT2D eigenvalue weighted by Crippen LogP contribution is 2.31. The van der Waals surface area contributed by atoms with Gasteiger partial charge < -0.3 is 14.8 Å². The molecule has 1 unspecified atom stereocenters. The number of ether oxygens (including phenoxy) is 2. The predicted molar refractivity (Wildman–Crippen MR) is 130 cm³/mol. The van der Waals surface area contributed by atoms with Crippen molar-refractivity contribution in [3.63, 3.8) is 0 Å². The Bertz CT molecular complexity index is 1070. The summed E-state index contributed by atoms with van der Waals surface area (Å²) in [7, 11) is 1.60. The SMILES string of the molecule is C=CCn1c(SCC(=O)Nc2cccc(SC)c2)nnc1C(C)Oc1ccccc1OC. The lowest BCUT2D eigenvalue weighted by molar-refractivity contribution is -0.113. The number of para-hydroxylation sites is 2. The van der Waals surface area contributed by atoms with E-state index in [0.29, 0.717) is 29.0 Å². The van der Waals surface area contributed by atoms with Gasteiger partial charge in [0.05, 0.1) is 12.9 Å². The maximum absolute atomic E-state index is 12.5. The van der Waals surface area contributed by atoms with Crippen LogP contribution in [0.3, 0.4) is 0 Å². The van der Waals surface area contributed by atoms with Crippen LogP contribution in [0.1, 0.15) is 18.9 Å². The van der Waals surface area contributed by atoms with E-state index in [-0.39, 0.29) is 17.8 Å². The number of thioether (sulfide) groups is 2. The first kappa shape index (κ1) is 23.7. The molecule has 1 atom stereocenters. The molecule has 32 heavy (non-hydrogen) atoms. The highest BCUT2D eigenvalue weighted by atomic mass is 32.2. The maximum atomic E-state index is 12.5. The monoisotopic (exact) mass is 470 g/mol. The van der Waals surface area contributed by atoms with E-state index in [1.807, 2.05) is 66.3 Å². The van der Waals surface area contributed by atoms with Crippen LogP contribution in [0.25, 0.3) is 0 Å². The Morgan fingerprint density at radius 3 is 2.72 bits per heavy atom. The molecule has 7 nitrogen and oxygen atoms in total.